The number of amides is 5. The van der Waals surface area contributed by atoms with Gasteiger partial charge in [-0.3, -0.25) is 9.59 Å². The average molecular weight is 740 g/mol. The third-order valence-electron chi connectivity index (χ3n) is 9.06. The van der Waals surface area contributed by atoms with Crippen molar-refractivity contribution in [1.82, 2.24) is 26.6 Å². The van der Waals surface area contributed by atoms with E-state index in [0.717, 1.165) is 38.5 Å². The first kappa shape index (κ1) is 49.0. The topological polar surface area (TPSA) is 164 Å². The van der Waals surface area contributed by atoms with Gasteiger partial charge in [-0.25, -0.2) is 14.4 Å². The van der Waals surface area contributed by atoms with Crippen LogP contribution in [0.2, 0.25) is 0 Å². The number of esters is 2. The van der Waals surface area contributed by atoms with Crippen molar-refractivity contribution in [3.63, 3.8) is 0 Å². The number of ether oxygens (including phenoxy) is 2. The molecule has 5 amide bonds. The number of unbranched alkanes of at least 4 members (excludes halogenated alkanes) is 18. The summed E-state index contributed by atoms with van der Waals surface area (Å²) in [6.07, 6.45) is 24.3. The number of rotatable bonds is 34. The van der Waals surface area contributed by atoms with Gasteiger partial charge in [0.05, 0.1) is 13.2 Å². The van der Waals surface area contributed by atoms with Crippen LogP contribution in [0.5, 0.6) is 0 Å². The molecular weight excluding hydrogens is 662 g/mol. The molecule has 0 rings (SSSR count). The Morgan fingerprint density at radius 2 is 0.904 bits per heavy atom. The van der Waals surface area contributed by atoms with Crippen LogP contribution in [0.1, 0.15) is 176 Å². The van der Waals surface area contributed by atoms with Crippen LogP contribution in [0.15, 0.2) is 0 Å². The molecule has 52 heavy (non-hydrogen) atoms. The summed E-state index contributed by atoms with van der Waals surface area (Å²) in [6.45, 7) is 11.4. The lowest BCUT2D eigenvalue weighted by molar-refractivity contribution is -0.146. The highest BCUT2D eigenvalue weighted by Crippen LogP contribution is 2.14. The van der Waals surface area contributed by atoms with Gasteiger partial charge in [0, 0.05) is 26.1 Å². The molecular formula is C40H77N5O7. The molecule has 0 radical (unpaired) electrons. The summed E-state index contributed by atoms with van der Waals surface area (Å²) in [6, 6.07) is -2.39. The molecule has 0 aliphatic carbocycles. The Hall–Kier alpha value is -3.05. The average Bonchev–Trinajstić information content (AvgIpc) is 3.11. The van der Waals surface area contributed by atoms with Crippen LogP contribution in [0.25, 0.3) is 0 Å². The molecule has 2 atom stereocenters. The van der Waals surface area contributed by atoms with Crippen molar-refractivity contribution in [3.05, 3.63) is 0 Å². The predicted octanol–water partition coefficient (Wildman–Crippen LogP) is 7.82. The first-order chi connectivity index (χ1) is 25.2. The summed E-state index contributed by atoms with van der Waals surface area (Å²) < 4.78 is 9.90. The lowest BCUT2D eigenvalue weighted by atomic mass is 10.0. The summed E-state index contributed by atoms with van der Waals surface area (Å²) in [5.41, 5.74) is 0. The SMILES string of the molecule is CCCCCCCCCCCCCCCCCCNC(=O)[C@@H](NC(=O)NCCCCCCNC(=O)N[C@@H](CCC(=O)OCC)C(=O)OCC)C(C)C. The largest absolute Gasteiger partial charge is 0.466 e. The van der Waals surface area contributed by atoms with E-state index in [1.54, 1.807) is 13.8 Å². The Bertz CT molecular complexity index is 934. The summed E-state index contributed by atoms with van der Waals surface area (Å²) in [7, 11) is 0. The third kappa shape index (κ3) is 29.5. The molecule has 0 aliphatic rings. The van der Waals surface area contributed by atoms with E-state index < -0.39 is 30.1 Å². The van der Waals surface area contributed by atoms with Crippen molar-refractivity contribution >= 4 is 29.9 Å². The summed E-state index contributed by atoms with van der Waals surface area (Å²) in [4.78, 5) is 61.4. The summed E-state index contributed by atoms with van der Waals surface area (Å²) in [5.74, 6) is -1.21. The van der Waals surface area contributed by atoms with E-state index in [0.29, 0.717) is 19.6 Å². The molecule has 0 heterocycles. The van der Waals surface area contributed by atoms with Gasteiger partial charge in [0.25, 0.3) is 0 Å². The molecule has 0 fully saturated rings. The van der Waals surface area contributed by atoms with E-state index in [4.69, 9.17) is 9.47 Å². The molecule has 0 aliphatic heterocycles. The highest BCUT2D eigenvalue weighted by atomic mass is 16.5. The molecule has 0 aromatic carbocycles. The minimum atomic E-state index is -0.938. The molecule has 0 saturated heterocycles. The van der Waals surface area contributed by atoms with Crippen molar-refractivity contribution in [2.75, 3.05) is 32.8 Å². The number of carbonyl (C=O) groups excluding carboxylic acids is 5. The Balaban J connectivity index is 3.96. The number of hydrogen-bond acceptors (Lipinski definition) is 7. The maximum atomic E-state index is 12.8. The van der Waals surface area contributed by atoms with Gasteiger partial charge >= 0.3 is 24.0 Å². The Morgan fingerprint density at radius 3 is 1.33 bits per heavy atom. The van der Waals surface area contributed by atoms with Gasteiger partial charge in [-0.05, 0) is 45.4 Å². The normalized spacial score (nSPS) is 12.1. The van der Waals surface area contributed by atoms with Crippen LogP contribution >= 0.6 is 0 Å². The Kier molecular flexibility index (Phi) is 33.0. The lowest BCUT2D eigenvalue weighted by Gasteiger charge is -2.22. The summed E-state index contributed by atoms with van der Waals surface area (Å²) in [5, 5.41) is 14.0. The fraction of sp³-hybridized carbons (Fsp3) is 0.875. The number of nitrogens with one attached hydrogen (secondary N) is 5. The number of hydrogen-bond donors (Lipinski definition) is 5. The molecule has 0 aromatic heterocycles. The van der Waals surface area contributed by atoms with Crippen molar-refractivity contribution in [1.29, 1.82) is 0 Å². The zero-order chi connectivity index (χ0) is 38.7. The standard InChI is InChI=1S/C40H77N5O7/c1-6-9-10-11-12-13-14-15-16-17-18-19-20-21-22-25-30-41-37(47)36(33(4)5)45-40(50)43-32-27-24-23-26-31-42-39(49)44-34(38(48)52-8-3)28-29-35(46)51-7-2/h33-34,36H,6-32H2,1-5H3,(H,41,47)(H2,42,44,49)(H2,43,45,50)/t34-,36-/m0/s1. The fourth-order valence-corrected chi connectivity index (χ4v) is 5.93. The van der Waals surface area contributed by atoms with Gasteiger partial charge in [-0.1, -0.05) is 130 Å². The molecule has 0 spiro atoms. The summed E-state index contributed by atoms with van der Waals surface area (Å²) >= 11 is 0. The van der Waals surface area contributed by atoms with Crippen LogP contribution in [-0.2, 0) is 23.9 Å². The Morgan fingerprint density at radius 1 is 0.500 bits per heavy atom. The van der Waals surface area contributed by atoms with E-state index in [9.17, 15) is 24.0 Å². The van der Waals surface area contributed by atoms with Gasteiger partial charge in [0.15, 0.2) is 0 Å². The molecule has 0 unspecified atom stereocenters. The smallest absolute Gasteiger partial charge is 0.328 e. The molecule has 12 heteroatoms. The highest BCUT2D eigenvalue weighted by Gasteiger charge is 2.24. The van der Waals surface area contributed by atoms with Gasteiger partial charge in [0.1, 0.15) is 12.1 Å². The van der Waals surface area contributed by atoms with Crippen molar-refractivity contribution in [2.45, 2.75) is 188 Å². The molecule has 12 nitrogen and oxygen atoms in total. The molecule has 0 bridgehead atoms. The van der Waals surface area contributed by atoms with Gasteiger partial charge in [-0.2, -0.15) is 0 Å². The van der Waals surface area contributed by atoms with Crippen LogP contribution in [0.3, 0.4) is 0 Å². The molecule has 0 saturated carbocycles. The van der Waals surface area contributed by atoms with Crippen molar-refractivity contribution < 1.29 is 33.4 Å². The minimum Gasteiger partial charge on any atom is -0.466 e. The second kappa shape index (κ2) is 35.0. The van der Waals surface area contributed by atoms with E-state index in [-0.39, 0.29) is 43.9 Å². The zero-order valence-electron chi connectivity index (χ0n) is 33.7. The second-order valence-electron chi connectivity index (χ2n) is 14.2. The zero-order valence-corrected chi connectivity index (χ0v) is 33.7. The van der Waals surface area contributed by atoms with E-state index >= 15 is 0 Å². The van der Waals surface area contributed by atoms with Gasteiger partial charge in [-0.15, -0.1) is 0 Å². The van der Waals surface area contributed by atoms with Gasteiger partial charge < -0.3 is 36.1 Å². The quantitative estimate of drug-likeness (QED) is 0.0332. The highest BCUT2D eigenvalue weighted by molar-refractivity contribution is 5.87. The molecule has 5 N–H and O–H groups in total. The fourth-order valence-electron chi connectivity index (χ4n) is 5.93. The lowest BCUT2D eigenvalue weighted by Crippen LogP contribution is -2.52. The van der Waals surface area contributed by atoms with Crippen LogP contribution < -0.4 is 26.6 Å². The van der Waals surface area contributed by atoms with Crippen LogP contribution in [0, 0.1) is 5.92 Å². The third-order valence-corrected chi connectivity index (χ3v) is 9.06. The first-order valence-electron chi connectivity index (χ1n) is 20.8. The maximum absolute atomic E-state index is 12.8. The molecule has 0 aromatic rings. The monoisotopic (exact) mass is 740 g/mol. The van der Waals surface area contributed by atoms with E-state index in [1.165, 1.54) is 89.9 Å². The van der Waals surface area contributed by atoms with Gasteiger partial charge in [0.2, 0.25) is 5.91 Å². The van der Waals surface area contributed by atoms with Crippen molar-refractivity contribution in [3.8, 4) is 0 Å². The Labute approximate surface area is 316 Å². The molecule has 304 valence electrons. The van der Waals surface area contributed by atoms with E-state index in [2.05, 4.69) is 33.5 Å². The number of urea groups is 2. The maximum Gasteiger partial charge on any atom is 0.328 e. The van der Waals surface area contributed by atoms with Crippen molar-refractivity contribution in [2.24, 2.45) is 5.92 Å². The number of carbonyl (C=O) groups is 5. The first-order valence-corrected chi connectivity index (χ1v) is 20.8. The van der Waals surface area contributed by atoms with E-state index in [1.807, 2.05) is 13.8 Å². The van der Waals surface area contributed by atoms with Crippen LogP contribution in [-0.4, -0.2) is 74.8 Å². The predicted molar refractivity (Wildman–Crippen MR) is 209 cm³/mol. The minimum absolute atomic E-state index is 0.00536. The van der Waals surface area contributed by atoms with Crippen LogP contribution in [0.4, 0.5) is 9.59 Å². The second-order valence-corrected chi connectivity index (χ2v) is 14.2.